The molecular formula is C46H29N3. The van der Waals surface area contributed by atoms with Crippen molar-refractivity contribution in [3.05, 3.63) is 176 Å². The number of benzene rings is 8. The fourth-order valence-corrected chi connectivity index (χ4v) is 7.41. The number of rotatable bonds is 4. The highest BCUT2D eigenvalue weighted by atomic mass is 15.2. The third-order valence-electron chi connectivity index (χ3n) is 9.79. The Bertz CT molecular complexity index is 2810. The number of fused-ring (bicyclic) bond motifs is 8. The van der Waals surface area contributed by atoms with Crippen molar-refractivity contribution in [2.75, 3.05) is 0 Å². The third-order valence-corrected chi connectivity index (χ3v) is 9.79. The second-order valence-electron chi connectivity index (χ2n) is 12.6. The number of hydrogen-bond acceptors (Lipinski definition) is 2. The van der Waals surface area contributed by atoms with Gasteiger partial charge >= 0.3 is 0 Å². The Labute approximate surface area is 283 Å². The van der Waals surface area contributed by atoms with E-state index in [1.54, 1.807) is 0 Å². The van der Waals surface area contributed by atoms with E-state index in [2.05, 4.69) is 168 Å². The highest BCUT2D eigenvalue weighted by molar-refractivity contribution is 6.22. The van der Waals surface area contributed by atoms with Crippen molar-refractivity contribution in [1.82, 2.24) is 14.5 Å². The highest BCUT2D eigenvalue weighted by Gasteiger charge is 2.19. The topological polar surface area (TPSA) is 30.7 Å². The van der Waals surface area contributed by atoms with Gasteiger partial charge in [0.05, 0.1) is 22.4 Å². The van der Waals surface area contributed by atoms with Crippen molar-refractivity contribution in [2.45, 2.75) is 0 Å². The van der Waals surface area contributed by atoms with Gasteiger partial charge in [0.25, 0.3) is 0 Å². The third kappa shape index (κ3) is 4.51. The van der Waals surface area contributed by atoms with Gasteiger partial charge in [-0.1, -0.05) is 146 Å². The highest BCUT2D eigenvalue weighted by Crippen LogP contribution is 2.39. The van der Waals surface area contributed by atoms with Crippen molar-refractivity contribution in [1.29, 1.82) is 0 Å². The first-order valence-corrected chi connectivity index (χ1v) is 16.7. The molecule has 0 fully saturated rings. The molecule has 0 N–H and O–H groups in total. The number of hydrogen-bond donors (Lipinski definition) is 0. The first-order chi connectivity index (χ1) is 24.3. The van der Waals surface area contributed by atoms with E-state index in [1.165, 1.54) is 54.2 Å². The van der Waals surface area contributed by atoms with Crippen LogP contribution in [0.25, 0.3) is 93.7 Å². The van der Waals surface area contributed by atoms with Gasteiger partial charge in [-0.25, -0.2) is 9.97 Å². The Morgan fingerprint density at radius 2 is 0.837 bits per heavy atom. The van der Waals surface area contributed by atoms with Crippen LogP contribution in [-0.2, 0) is 0 Å². The number of para-hydroxylation sites is 1. The summed E-state index contributed by atoms with van der Waals surface area (Å²) in [6, 6.07) is 62.7. The van der Waals surface area contributed by atoms with E-state index in [4.69, 9.17) is 9.97 Å². The molecule has 0 aliphatic carbocycles. The van der Waals surface area contributed by atoms with Gasteiger partial charge in [-0.3, -0.25) is 4.57 Å². The van der Waals surface area contributed by atoms with Crippen LogP contribution in [0.1, 0.15) is 0 Å². The predicted molar refractivity (Wildman–Crippen MR) is 205 cm³/mol. The molecule has 49 heavy (non-hydrogen) atoms. The second kappa shape index (κ2) is 11.0. The van der Waals surface area contributed by atoms with E-state index in [0.29, 0.717) is 5.95 Å². The van der Waals surface area contributed by atoms with E-state index in [0.717, 1.165) is 33.5 Å². The van der Waals surface area contributed by atoms with Crippen molar-refractivity contribution in [2.24, 2.45) is 0 Å². The van der Waals surface area contributed by atoms with Crippen LogP contribution in [0, 0.1) is 0 Å². The van der Waals surface area contributed by atoms with Crippen LogP contribution >= 0.6 is 0 Å². The van der Waals surface area contributed by atoms with Gasteiger partial charge in [-0.05, 0) is 73.8 Å². The zero-order chi connectivity index (χ0) is 32.3. The minimum atomic E-state index is 0.656. The summed E-state index contributed by atoms with van der Waals surface area (Å²) in [4.78, 5) is 10.4. The number of aromatic nitrogens is 3. The molecule has 10 aromatic rings. The van der Waals surface area contributed by atoms with Gasteiger partial charge in [0.2, 0.25) is 5.95 Å². The first-order valence-electron chi connectivity index (χ1n) is 16.7. The Morgan fingerprint density at radius 1 is 0.327 bits per heavy atom. The normalized spacial score (nSPS) is 11.7. The Balaban J connectivity index is 1.23. The molecule has 2 heterocycles. The summed E-state index contributed by atoms with van der Waals surface area (Å²) in [6.45, 7) is 0. The molecule has 0 unspecified atom stereocenters. The maximum atomic E-state index is 5.22. The maximum absolute atomic E-state index is 5.22. The molecule has 10 rings (SSSR count). The molecule has 0 atom stereocenters. The Morgan fingerprint density at radius 3 is 1.53 bits per heavy atom. The van der Waals surface area contributed by atoms with Gasteiger partial charge in [0.15, 0.2) is 0 Å². The monoisotopic (exact) mass is 623 g/mol. The smallest absolute Gasteiger partial charge is 0.235 e. The molecule has 0 amide bonds. The molecule has 2 aromatic heterocycles. The van der Waals surface area contributed by atoms with E-state index >= 15 is 0 Å². The predicted octanol–water partition coefficient (Wildman–Crippen LogP) is 12.0. The summed E-state index contributed by atoms with van der Waals surface area (Å²) < 4.78 is 2.23. The van der Waals surface area contributed by atoms with Crippen LogP contribution in [-0.4, -0.2) is 14.5 Å². The lowest BCUT2D eigenvalue weighted by Crippen LogP contribution is -2.03. The standard InChI is InChI=1S/C46H29N3/c1-3-12-33(13-4-1)41-29-42(34-14-5-2-6-15-34)48-46(47-41)49-43-18-10-9-17-38(43)45-40-28-36(24-22-32(40)25-26-44(45)49)35-23-21-31-20-19-30-11-7-8-16-37(30)39(31)27-35/h1-29H. The van der Waals surface area contributed by atoms with Crippen molar-refractivity contribution in [3.8, 4) is 39.6 Å². The molecule has 0 saturated carbocycles. The van der Waals surface area contributed by atoms with Gasteiger partial charge in [-0.2, -0.15) is 0 Å². The minimum Gasteiger partial charge on any atom is -0.278 e. The van der Waals surface area contributed by atoms with Crippen LogP contribution in [0.5, 0.6) is 0 Å². The molecule has 8 aromatic carbocycles. The van der Waals surface area contributed by atoms with E-state index in [-0.39, 0.29) is 0 Å². The van der Waals surface area contributed by atoms with Crippen LogP contribution in [0.4, 0.5) is 0 Å². The minimum absolute atomic E-state index is 0.656. The van der Waals surface area contributed by atoms with Gasteiger partial charge in [0.1, 0.15) is 0 Å². The summed E-state index contributed by atoms with van der Waals surface area (Å²) in [5, 5.41) is 9.86. The second-order valence-corrected chi connectivity index (χ2v) is 12.6. The average molecular weight is 624 g/mol. The summed E-state index contributed by atoms with van der Waals surface area (Å²) >= 11 is 0. The van der Waals surface area contributed by atoms with Crippen molar-refractivity contribution < 1.29 is 0 Å². The van der Waals surface area contributed by atoms with Gasteiger partial charge in [-0.15, -0.1) is 0 Å². The molecule has 3 nitrogen and oxygen atoms in total. The zero-order valence-corrected chi connectivity index (χ0v) is 26.6. The zero-order valence-electron chi connectivity index (χ0n) is 26.6. The number of nitrogens with zero attached hydrogens (tertiary/aromatic N) is 3. The molecule has 228 valence electrons. The quantitative estimate of drug-likeness (QED) is 0.183. The van der Waals surface area contributed by atoms with E-state index in [1.807, 2.05) is 12.1 Å². The largest absolute Gasteiger partial charge is 0.278 e. The lowest BCUT2D eigenvalue weighted by atomic mass is 9.95. The molecule has 0 aliphatic heterocycles. The SMILES string of the molecule is c1ccc(-c2cc(-c3ccccc3)nc(-n3c4ccccc4c4c5cc(-c6ccc7ccc8ccccc8c7c6)ccc5ccc43)n2)cc1. The molecular weight excluding hydrogens is 595 g/mol. The molecule has 3 heteroatoms. The van der Waals surface area contributed by atoms with Crippen molar-refractivity contribution >= 4 is 54.1 Å². The molecule has 0 saturated heterocycles. The lowest BCUT2D eigenvalue weighted by molar-refractivity contribution is 0.996. The molecule has 0 aliphatic rings. The van der Waals surface area contributed by atoms with Crippen LogP contribution in [0.3, 0.4) is 0 Å². The lowest BCUT2D eigenvalue weighted by Gasteiger charge is -2.12. The fraction of sp³-hybridized carbons (Fsp3) is 0. The van der Waals surface area contributed by atoms with Gasteiger partial charge < -0.3 is 0 Å². The average Bonchev–Trinajstić information content (AvgIpc) is 3.53. The molecule has 0 radical (unpaired) electrons. The van der Waals surface area contributed by atoms with Crippen LogP contribution < -0.4 is 0 Å². The molecule has 0 spiro atoms. The summed E-state index contributed by atoms with van der Waals surface area (Å²) in [5.74, 6) is 0.656. The fourth-order valence-electron chi connectivity index (χ4n) is 7.41. The van der Waals surface area contributed by atoms with Crippen LogP contribution in [0.15, 0.2) is 176 Å². The summed E-state index contributed by atoms with van der Waals surface area (Å²) in [6.07, 6.45) is 0. The molecule has 0 bridgehead atoms. The van der Waals surface area contributed by atoms with Crippen LogP contribution in [0.2, 0.25) is 0 Å². The van der Waals surface area contributed by atoms with E-state index < -0.39 is 0 Å². The Hall–Kier alpha value is -6.58. The summed E-state index contributed by atoms with van der Waals surface area (Å²) in [7, 11) is 0. The van der Waals surface area contributed by atoms with Crippen molar-refractivity contribution in [3.63, 3.8) is 0 Å². The van der Waals surface area contributed by atoms with Gasteiger partial charge in [0, 0.05) is 21.9 Å². The maximum Gasteiger partial charge on any atom is 0.235 e. The summed E-state index contributed by atoms with van der Waals surface area (Å²) in [5.41, 5.74) is 8.46. The Kier molecular flexibility index (Phi) is 6.18. The first kappa shape index (κ1) is 27.5. The van der Waals surface area contributed by atoms with E-state index in [9.17, 15) is 0 Å².